The summed E-state index contributed by atoms with van der Waals surface area (Å²) in [6, 6.07) is 0. The van der Waals surface area contributed by atoms with Crippen molar-refractivity contribution in [3.05, 3.63) is 0 Å². The zero-order chi connectivity index (χ0) is 10.7. The van der Waals surface area contributed by atoms with Crippen molar-refractivity contribution < 1.29 is 8.42 Å². The van der Waals surface area contributed by atoms with Crippen molar-refractivity contribution in [2.75, 3.05) is 6.54 Å². The van der Waals surface area contributed by atoms with E-state index >= 15 is 0 Å². The van der Waals surface area contributed by atoms with Gasteiger partial charge in [0, 0.05) is 5.54 Å². The van der Waals surface area contributed by atoms with Crippen LogP contribution in [0.4, 0.5) is 0 Å². The average Bonchev–Trinajstić information content (AvgIpc) is 1.78. The number of nitrogens with two attached hydrogens (primary N) is 1. The lowest BCUT2D eigenvalue weighted by atomic mass is 10.1. The van der Waals surface area contributed by atoms with Crippen LogP contribution in [-0.2, 0) is 10.2 Å². The number of hydrogen-bond donors (Lipinski definition) is 3. The van der Waals surface area contributed by atoms with Gasteiger partial charge in [0.25, 0.3) is 10.2 Å². The predicted molar refractivity (Wildman–Crippen MR) is 56.6 cm³/mol. The fourth-order valence-electron chi connectivity index (χ4n) is 0.605. The predicted octanol–water partition coefficient (Wildman–Crippen LogP) is -0.505. The number of thiocarbonyl (C=S) groups is 1. The zero-order valence-corrected chi connectivity index (χ0v) is 9.55. The van der Waals surface area contributed by atoms with E-state index in [1.165, 1.54) is 0 Å². The topological polar surface area (TPSA) is 84.2 Å². The molecule has 0 aromatic rings. The number of nitrogens with one attached hydrogen (secondary N) is 2. The van der Waals surface area contributed by atoms with Gasteiger partial charge >= 0.3 is 0 Å². The third kappa shape index (κ3) is 8.10. The van der Waals surface area contributed by atoms with Crippen molar-refractivity contribution in [2.45, 2.75) is 26.3 Å². The molecule has 13 heavy (non-hydrogen) atoms. The van der Waals surface area contributed by atoms with Crippen LogP contribution < -0.4 is 15.2 Å². The van der Waals surface area contributed by atoms with Crippen LogP contribution in [-0.4, -0.2) is 25.5 Å². The lowest BCUT2D eigenvalue weighted by Gasteiger charge is -2.20. The molecule has 7 heteroatoms. The Morgan fingerprint density at radius 1 is 1.46 bits per heavy atom. The minimum atomic E-state index is -3.50. The Morgan fingerprint density at radius 2 is 1.92 bits per heavy atom. The Morgan fingerprint density at radius 3 is 2.23 bits per heavy atom. The van der Waals surface area contributed by atoms with Crippen molar-refractivity contribution in [3.63, 3.8) is 0 Å². The third-order valence-electron chi connectivity index (χ3n) is 0.877. The first-order chi connectivity index (χ1) is 5.62. The summed E-state index contributed by atoms with van der Waals surface area (Å²) in [6.45, 7) is 5.20. The van der Waals surface area contributed by atoms with Crippen molar-refractivity contribution >= 4 is 27.4 Å². The summed E-state index contributed by atoms with van der Waals surface area (Å²) < 4.78 is 27.0. The van der Waals surface area contributed by atoms with E-state index in [9.17, 15) is 8.42 Å². The van der Waals surface area contributed by atoms with Crippen LogP contribution in [0.3, 0.4) is 0 Å². The smallest absolute Gasteiger partial charge is 0.277 e. The number of hydrogen-bond acceptors (Lipinski definition) is 3. The monoisotopic (exact) mass is 225 g/mol. The molecule has 0 aliphatic carbocycles. The summed E-state index contributed by atoms with van der Waals surface area (Å²) in [6.07, 6.45) is 0. The third-order valence-corrected chi connectivity index (χ3v) is 2.43. The highest BCUT2D eigenvalue weighted by Crippen LogP contribution is 1.99. The van der Waals surface area contributed by atoms with E-state index in [-0.39, 0.29) is 11.5 Å². The SMILES string of the molecule is CC(C)(C)NS(=O)(=O)NCC(N)=S. The van der Waals surface area contributed by atoms with E-state index < -0.39 is 15.7 Å². The highest BCUT2D eigenvalue weighted by atomic mass is 32.2. The fourth-order valence-corrected chi connectivity index (χ4v) is 1.99. The summed E-state index contributed by atoms with van der Waals surface area (Å²) in [4.78, 5) is 0.110. The largest absolute Gasteiger partial charge is 0.392 e. The van der Waals surface area contributed by atoms with Crippen molar-refractivity contribution in [1.29, 1.82) is 0 Å². The van der Waals surface area contributed by atoms with E-state index in [1.54, 1.807) is 20.8 Å². The molecule has 0 heterocycles. The van der Waals surface area contributed by atoms with Gasteiger partial charge in [-0.15, -0.1) is 0 Å². The molecule has 0 aliphatic rings. The zero-order valence-electron chi connectivity index (χ0n) is 7.92. The first kappa shape index (κ1) is 12.8. The summed E-state index contributed by atoms with van der Waals surface area (Å²) in [5, 5.41) is 0. The van der Waals surface area contributed by atoms with Gasteiger partial charge in [-0.1, -0.05) is 12.2 Å². The van der Waals surface area contributed by atoms with E-state index in [2.05, 4.69) is 21.7 Å². The summed E-state index contributed by atoms with van der Waals surface area (Å²) in [5.41, 5.74) is 4.63. The number of rotatable bonds is 4. The minimum absolute atomic E-state index is 0.0270. The Labute approximate surface area is 84.3 Å². The molecular weight excluding hydrogens is 210 g/mol. The van der Waals surface area contributed by atoms with Crippen molar-refractivity contribution in [3.8, 4) is 0 Å². The molecule has 0 aromatic carbocycles. The van der Waals surface area contributed by atoms with Crippen LogP contribution in [0, 0.1) is 0 Å². The molecule has 0 unspecified atom stereocenters. The second kappa shape index (κ2) is 4.32. The lowest BCUT2D eigenvalue weighted by Crippen LogP contribution is -2.48. The van der Waals surface area contributed by atoms with Crippen LogP contribution in [0.15, 0.2) is 0 Å². The maximum absolute atomic E-state index is 11.2. The van der Waals surface area contributed by atoms with Crippen molar-refractivity contribution in [1.82, 2.24) is 9.44 Å². The van der Waals surface area contributed by atoms with Crippen LogP contribution in [0.2, 0.25) is 0 Å². The molecule has 78 valence electrons. The molecule has 0 fully saturated rings. The molecule has 5 nitrogen and oxygen atoms in total. The Balaban J connectivity index is 4.19. The second-order valence-electron chi connectivity index (χ2n) is 3.64. The van der Waals surface area contributed by atoms with Gasteiger partial charge in [-0.05, 0) is 20.8 Å². The molecule has 0 spiro atoms. The van der Waals surface area contributed by atoms with Gasteiger partial charge in [0.2, 0.25) is 0 Å². The quantitative estimate of drug-likeness (QED) is 0.563. The van der Waals surface area contributed by atoms with E-state index in [1.807, 2.05) is 0 Å². The molecular formula is C6H15N3O2S2. The molecule has 0 radical (unpaired) electrons. The van der Waals surface area contributed by atoms with Gasteiger partial charge in [0.05, 0.1) is 11.5 Å². The fraction of sp³-hybridized carbons (Fsp3) is 0.833. The van der Waals surface area contributed by atoms with E-state index in [0.29, 0.717) is 0 Å². The maximum Gasteiger partial charge on any atom is 0.277 e. The molecule has 0 aromatic heterocycles. The van der Waals surface area contributed by atoms with Crippen LogP contribution in [0.1, 0.15) is 20.8 Å². The molecule has 0 amide bonds. The minimum Gasteiger partial charge on any atom is -0.392 e. The summed E-state index contributed by atoms with van der Waals surface area (Å²) >= 11 is 4.53. The van der Waals surface area contributed by atoms with Gasteiger partial charge in [-0.25, -0.2) is 0 Å². The summed E-state index contributed by atoms with van der Waals surface area (Å²) in [7, 11) is -3.50. The Kier molecular flexibility index (Phi) is 4.24. The molecule has 0 bridgehead atoms. The lowest BCUT2D eigenvalue weighted by molar-refractivity contribution is 0.486. The van der Waals surface area contributed by atoms with E-state index in [0.717, 1.165) is 0 Å². The molecule has 4 N–H and O–H groups in total. The Hall–Kier alpha value is -0.240. The molecule has 0 saturated carbocycles. The molecule has 0 atom stereocenters. The summed E-state index contributed by atoms with van der Waals surface area (Å²) in [5.74, 6) is 0. The first-order valence-corrected chi connectivity index (χ1v) is 5.58. The van der Waals surface area contributed by atoms with Gasteiger partial charge in [-0.2, -0.15) is 17.9 Å². The maximum atomic E-state index is 11.2. The molecule has 0 aliphatic heterocycles. The van der Waals surface area contributed by atoms with Gasteiger partial charge < -0.3 is 5.73 Å². The van der Waals surface area contributed by atoms with Crippen LogP contribution in [0.25, 0.3) is 0 Å². The van der Waals surface area contributed by atoms with Crippen molar-refractivity contribution in [2.24, 2.45) is 5.73 Å². The highest BCUT2D eigenvalue weighted by Gasteiger charge is 2.18. The average molecular weight is 225 g/mol. The molecule has 0 rings (SSSR count). The van der Waals surface area contributed by atoms with Gasteiger partial charge in [-0.3, -0.25) is 0 Å². The molecule has 0 saturated heterocycles. The van der Waals surface area contributed by atoms with Gasteiger partial charge in [0.1, 0.15) is 0 Å². The second-order valence-corrected chi connectivity index (χ2v) is 5.67. The van der Waals surface area contributed by atoms with Crippen LogP contribution in [0.5, 0.6) is 0 Å². The normalized spacial score (nSPS) is 12.8. The van der Waals surface area contributed by atoms with Crippen LogP contribution >= 0.6 is 12.2 Å². The van der Waals surface area contributed by atoms with Gasteiger partial charge in [0.15, 0.2) is 0 Å². The standard InChI is InChI=1S/C6H15N3O2S2/c1-6(2,3)9-13(10,11)8-4-5(7)12/h8-9H,4H2,1-3H3,(H2,7,12). The first-order valence-electron chi connectivity index (χ1n) is 3.69. The van der Waals surface area contributed by atoms with E-state index in [4.69, 9.17) is 5.73 Å². The highest BCUT2D eigenvalue weighted by molar-refractivity contribution is 7.87. The Bertz CT molecular complexity index is 279.